The third kappa shape index (κ3) is 51.8. The molecular formula is C117H104F6N10O2PPt4S-9. The SMILES string of the molecule is CN(C)Cc1[c-]cccc1.C[N-]c1ccccc1[N-]C.C[N-]c1ccccc1[N-]C.C[PH+](C)Cc1[c-]cccc1.OC(=CC(=[OH+])C(F)(F)F)C(F)(F)F.[Pt+2].[Pt+2].[Pt].[Pt].[c-]1ccccc1-c1[c-]cccc1.[c-]1ccccc1-c1[c-]cccc1.[c-]1ccccc1-c1ccccn1.[c-]1ccccc1-c1ccccn1.[c-]1ccccc1-c1ccccn1.[c-]1ccccc1Cc1ccccn1.[c-]1ccsc1-c1ccccn1. The standard InChI is InChI=1S/C12H10N.2C12H8.3C11H8N.C9H6NS.C9H12N.C9H12P.2C8H10N2.C5H2F6O2.4Pt/c1-2-6-11(7-3-1)10-12-8-4-5-9-13-12;2*1-3-7-11(8-4-1)12-9-5-2-6-10-12;3*1-2-6-10(7-3-1)11-8-4-5-9-12-11;1-2-6-10-8(4-1)9-5-3-7-11-9;2*1-10(2)8-9-6-4-3-5-7-9;2*1-9-7-5-3-4-6-8(7)10-2;6-4(7,8)2(12)1-3(13)5(9,10)11;;;;/h1-6,8-9H,10H2;2*1-7,9H;3*1-6,8-9H;1-4,6-7H;2*3-6H,8H2,1-2H3;2*3-6H,1-2H3;1,12H;;;;/q-1;2*-2;6*-1;2*-2;;;;2*+2/p+2. The number of hydrogen-bond acceptors (Lipinski definition) is 8. The van der Waals surface area contributed by atoms with E-state index in [9.17, 15) is 26.3 Å². The van der Waals surface area contributed by atoms with Gasteiger partial charge in [0.2, 0.25) is 5.76 Å². The predicted octanol–water partition coefficient (Wildman–Crippen LogP) is 30.6. The predicted molar refractivity (Wildman–Crippen MR) is 554 cm³/mol. The number of carbonyl (C=O) groups excluding carboxylic acids is 1. The molecule has 24 heteroatoms. The molecular weight excluding hydrogens is 2530 g/mol. The van der Waals surface area contributed by atoms with Crippen molar-refractivity contribution >= 4 is 47.8 Å². The maximum Gasteiger partial charge on any atom is 2.00 e. The van der Waals surface area contributed by atoms with Crippen molar-refractivity contribution in [2.45, 2.75) is 31.5 Å². The van der Waals surface area contributed by atoms with Gasteiger partial charge in [-0.25, -0.2) is 33.6 Å². The zero-order valence-electron chi connectivity index (χ0n) is 78.4. The Morgan fingerprint density at radius 3 is 0.858 bits per heavy atom. The summed E-state index contributed by atoms with van der Waals surface area (Å²) in [5.41, 5.74) is 20.1. The van der Waals surface area contributed by atoms with Gasteiger partial charge in [0.05, 0.1) is 12.2 Å². The second kappa shape index (κ2) is 73.4. The molecule has 0 unspecified atom stereocenters. The molecule has 0 saturated carbocycles. The zero-order valence-corrected chi connectivity index (χ0v) is 89.3. The summed E-state index contributed by atoms with van der Waals surface area (Å²) in [6.07, 6.45) is -0.338. The molecule has 141 heavy (non-hydrogen) atoms. The molecule has 0 aliphatic heterocycles. The third-order valence-electron chi connectivity index (χ3n) is 17.8. The van der Waals surface area contributed by atoms with Crippen LogP contribution in [-0.4, -0.2) is 113 Å². The zero-order chi connectivity index (χ0) is 98.0. The Labute approximate surface area is 890 Å². The number of aromatic nitrogens is 5. The molecule has 2 N–H and O–H groups in total. The van der Waals surface area contributed by atoms with E-state index in [1.54, 1.807) is 64.3 Å². The molecule has 0 amide bonds. The molecule has 0 fully saturated rings. The van der Waals surface area contributed by atoms with E-state index in [-0.39, 0.29) is 92.2 Å². The van der Waals surface area contributed by atoms with Crippen LogP contribution in [0.1, 0.15) is 22.4 Å². The van der Waals surface area contributed by atoms with Crippen molar-refractivity contribution in [1.29, 1.82) is 0 Å². The maximum atomic E-state index is 11.4. The van der Waals surface area contributed by atoms with E-state index in [2.05, 4.69) is 170 Å². The molecule has 12 aromatic carbocycles. The Morgan fingerprint density at radius 2 is 0.617 bits per heavy atom. The molecule has 736 valence electrons. The number of aliphatic hydroxyl groups is 1. The van der Waals surface area contributed by atoms with E-state index in [0.717, 1.165) is 108 Å². The molecule has 18 rings (SSSR count). The van der Waals surface area contributed by atoms with Gasteiger partial charge in [-0.05, 0) is 87.6 Å². The number of halogens is 6. The van der Waals surface area contributed by atoms with E-state index in [4.69, 9.17) is 9.90 Å². The summed E-state index contributed by atoms with van der Waals surface area (Å²) >= 11 is 1.66. The minimum absolute atomic E-state index is 0. The summed E-state index contributed by atoms with van der Waals surface area (Å²) in [6.45, 7) is 5.62. The summed E-state index contributed by atoms with van der Waals surface area (Å²) in [4.78, 5) is 32.3. The number of pyridine rings is 5. The number of thiophene rings is 1. The molecule has 0 aliphatic carbocycles. The second-order valence-electron chi connectivity index (χ2n) is 28.8. The van der Waals surface area contributed by atoms with Crippen LogP contribution < -0.4 is 0 Å². The third-order valence-corrected chi connectivity index (χ3v) is 19.7. The summed E-state index contributed by atoms with van der Waals surface area (Å²) in [7, 11) is 11.1. The van der Waals surface area contributed by atoms with Crippen molar-refractivity contribution in [1.82, 2.24) is 29.8 Å². The van der Waals surface area contributed by atoms with E-state index in [0.29, 0.717) is 0 Å². The van der Waals surface area contributed by atoms with Crippen LogP contribution in [0.2, 0.25) is 0 Å². The first-order valence-electron chi connectivity index (χ1n) is 42.9. The number of hydrogen-bond donors (Lipinski definition) is 1. The van der Waals surface area contributed by atoms with Crippen molar-refractivity contribution in [3.63, 3.8) is 0 Å². The van der Waals surface area contributed by atoms with Gasteiger partial charge in [-0.15, -0.1) is 177 Å². The minimum Gasteiger partial charge on any atom is -0.688 e. The minimum atomic E-state index is -5.31. The van der Waals surface area contributed by atoms with Gasteiger partial charge in [0.1, 0.15) is 0 Å². The first-order chi connectivity index (χ1) is 66.6. The van der Waals surface area contributed by atoms with E-state index in [1.807, 2.05) is 376 Å². The van der Waals surface area contributed by atoms with Gasteiger partial charge in [0.15, 0.2) is 0 Å². The second-order valence-corrected chi connectivity index (χ2v) is 32.4. The number of ketones is 1. The van der Waals surface area contributed by atoms with E-state index >= 15 is 0 Å². The number of allylic oxidation sites excluding steroid dienone is 2. The first-order valence-corrected chi connectivity index (χ1v) is 46.5. The van der Waals surface area contributed by atoms with Gasteiger partial charge >= 0.3 is 60.3 Å². The van der Waals surface area contributed by atoms with Crippen molar-refractivity contribution in [3.8, 4) is 66.6 Å². The molecule has 0 atom stereocenters. The molecule has 6 aromatic heterocycles. The summed E-state index contributed by atoms with van der Waals surface area (Å²) in [5.74, 6) is -5.02. The summed E-state index contributed by atoms with van der Waals surface area (Å²) < 4.78 is 68.3. The quantitative estimate of drug-likeness (QED) is 0.0237. The molecule has 6 heterocycles. The Morgan fingerprint density at radius 1 is 0.340 bits per heavy atom. The molecule has 18 aromatic rings. The largest absolute Gasteiger partial charge is 2.00 e. The van der Waals surface area contributed by atoms with Crippen LogP contribution in [0.25, 0.3) is 87.9 Å². The van der Waals surface area contributed by atoms with Gasteiger partial charge in [-0.1, -0.05) is 108 Å². The van der Waals surface area contributed by atoms with Crippen molar-refractivity contribution in [2.75, 3.05) is 55.6 Å². The van der Waals surface area contributed by atoms with Gasteiger partial charge in [-0.3, -0.25) is 9.78 Å². The maximum absolute atomic E-state index is 11.4. The molecule has 0 bridgehead atoms. The number of rotatable bonds is 17. The van der Waals surface area contributed by atoms with Crippen LogP contribution in [0, 0.1) is 66.7 Å². The molecule has 0 saturated heterocycles. The van der Waals surface area contributed by atoms with Crippen molar-refractivity contribution < 1.29 is 121 Å². The molecule has 0 aliphatic rings. The number of benzene rings is 12. The Hall–Kier alpha value is -12.8. The van der Waals surface area contributed by atoms with Gasteiger partial charge in [0, 0.05) is 98.7 Å². The molecule has 0 radical (unpaired) electrons. The fourth-order valence-electron chi connectivity index (χ4n) is 11.4. The van der Waals surface area contributed by atoms with Gasteiger partial charge < -0.3 is 51.2 Å². The Kier molecular flexibility index (Phi) is 63.7. The fraction of sp³-hybridized carbons (Fsp3) is 0.111. The van der Waals surface area contributed by atoms with Gasteiger partial charge in [-0.2, -0.15) is 255 Å². The topological polar surface area (TPSA) is 166 Å². The fourth-order valence-corrected chi connectivity index (χ4v) is 13.0. The first kappa shape index (κ1) is 122. The van der Waals surface area contributed by atoms with Crippen LogP contribution in [0.4, 0.5) is 49.1 Å². The van der Waals surface area contributed by atoms with Crippen LogP contribution in [0.3, 0.4) is 0 Å². The number of para-hydroxylation sites is 4. The molecule has 12 nitrogen and oxygen atoms in total. The summed E-state index contributed by atoms with van der Waals surface area (Å²) in [5, 5.41) is 26.2. The smallest absolute Gasteiger partial charge is 0.688 e. The van der Waals surface area contributed by atoms with Crippen LogP contribution in [0.5, 0.6) is 0 Å². The number of aliphatic hydroxyl groups excluding tert-OH is 1. The Balaban J connectivity index is 0.000000395. The Bertz CT molecular complexity index is 5340. The van der Waals surface area contributed by atoms with Crippen LogP contribution in [0.15, 0.2) is 436 Å². The normalized spacial score (nSPS) is 9.86. The van der Waals surface area contributed by atoms with E-state index < -0.39 is 30.0 Å². The molecule has 0 spiro atoms. The van der Waals surface area contributed by atoms with E-state index in [1.165, 1.54) is 22.9 Å². The average molecular weight is 2640 g/mol. The van der Waals surface area contributed by atoms with Crippen LogP contribution >= 0.6 is 19.3 Å². The number of nitrogens with zero attached hydrogens (tertiary/aromatic N) is 10. The van der Waals surface area contributed by atoms with Gasteiger partial charge in [0.25, 0.3) is 0 Å². The van der Waals surface area contributed by atoms with Crippen LogP contribution in [-0.2, 0) is 103 Å². The van der Waals surface area contributed by atoms with Crippen molar-refractivity contribution in [2.24, 2.45) is 0 Å². The number of alkyl halides is 6. The van der Waals surface area contributed by atoms with Crippen molar-refractivity contribution in [3.05, 3.63) is 547 Å². The average Bonchev–Trinajstić information content (AvgIpc) is 0.976. The summed E-state index contributed by atoms with van der Waals surface area (Å²) in [6, 6.07) is 161. The monoisotopic (exact) mass is 2640 g/mol.